The fraction of sp³-hybridized carbons (Fsp3) is 0.118. The van der Waals surface area contributed by atoms with Crippen LogP contribution < -0.4 is 10.6 Å². The third kappa shape index (κ3) is 3.69. The van der Waals surface area contributed by atoms with Gasteiger partial charge in [-0.25, -0.2) is 13.2 Å². The van der Waals surface area contributed by atoms with E-state index in [4.69, 9.17) is 34.8 Å². The molecule has 26 heavy (non-hydrogen) atoms. The maximum absolute atomic E-state index is 13.3. The fourth-order valence-electron chi connectivity index (χ4n) is 2.62. The van der Waals surface area contributed by atoms with Gasteiger partial charge in [0.25, 0.3) is 0 Å². The number of hydrogen-bond donors (Lipinski definition) is 2. The number of nitrogens with one attached hydrogen (secondary N) is 2. The number of benzene rings is 2. The number of halogens is 3. The normalized spacial score (nSPS) is 18.3. The van der Waals surface area contributed by atoms with Crippen molar-refractivity contribution in [1.29, 1.82) is 0 Å². The van der Waals surface area contributed by atoms with Crippen molar-refractivity contribution >= 4 is 56.4 Å². The Hall–Kier alpha value is -1.73. The number of carbonyl (C=O) groups is 1. The summed E-state index contributed by atoms with van der Waals surface area (Å²) in [7, 11) is -4.07. The molecule has 136 valence electrons. The second-order valence-corrected chi connectivity index (χ2v) is 9.78. The van der Waals surface area contributed by atoms with Gasteiger partial charge in [-0.1, -0.05) is 83.3 Å². The lowest BCUT2D eigenvalue weighted by atomic mass is 10.1. The Kier molecular flexibility index (Phi) is 5.21. The Morgan fingerprint density at radius 3 is 1.96 bits per heavy atom. The van der Waals surface area contributed by atoms with Crippen LogP contribution in [0.3, 0.4) is 0 Å². The van der Waals surface area contributed by atoms with Crippen molar-refractivity contribution in [2.45, 2.75) is 14.7 Å². The second kappa shape index (κ2) is 7.12. The Balaban J connectivity index is 2.32. The molecule has 0 saturated carbocycles. The molecule has 0 bridgehead atoms. The van der Waals surface area contributed by atoms with Crippen molar-refractivity contribution in [3.05, 3.63) is 71.1 Å². The van der Waals surface area contributed by atoms with E-state index in [9.17, 15) is 13.2 Å². The third-order valence-electron chi connectivity index (χ3n) is 3.76. The van der Waals surface area contributed by atoms with Gasteiger partial charge in [0.05, 0.1) is 10.6 Å². The van der Waals surface area contributed by atoms with Crippen molar-refractivity contribution in [3.63, 3.8) is 0 Å². The van der Waals surface area contributed by atoms with Crippen LogP contribution in [0.4, 0.5) is 4.79 Å². The first-order valence-corrected chi connectivity index (χ1v) is 10.1. The smallest absolute Gasteiger partial charge is 0.319 e. The van der Waals surface area contributed by atoms with Crippen LogP contribution in [0, 0.1) is 0 Å². The van der Waals surface area contributed by atoms with Gasteiger partial charge in [-0.05, 0) is 17.7 Å². The molecule has 0 spiro atoms. The SMILES string of the molecule is O=C1NC(c2ccccc2)=C(S(=O)(=O)c2ccccc2)C(C(Cl)(Cl)Cl)N1. The molecule has 0 aliphatic carbocycles. The summed E-state index contributed by atoms with van der Waals surface area (Å²) in [6.07, 6.45) is 0. The zero-order chi connectivity index (χ0) is 18.9. The standard InChI is InChI=1S/C17H13Cl3N2O3S/c18-17(19,20)15-14(26(24,25)12-9-5-2-6-10-12)13(21-16(23)22-15)11-7-3-1-4-8-11/h1-10,15H,(H2,21,22,23). The monoisotopic (exact) mass is 430 g/mol. The molecular weight excluding hydrogens is 419 g/mol. The first-order chi connectivity index (χ1) is 12.2. The van der Waals surface area contributed by atoms with E-state index in [0.29, 0.717) is 5.56 Å². The first kappa shape index (κ1) is 19.0. The summed E-state index contributed by atoms with van der Waals surface area (Å²) in [4.78, 5) is 11.9. The van der Waals surface area contributed by atoms with Crippen LogP contribution in [-0.4, -0.2) is 24.3 Å². The summed E-state index contributed by atoms with van der Waals surface area (Å²) in [6, 6.07) is 14.3. The highest BCUT2D eigenvalue weighted by molar-refractivity contribution is 7.95. The van der Waals surface area contributed by atoms with Gasteiger partial charge in [0, 0.05) is 0 Å². The summed E-state index contributed by atoms with van der Waals surface area (Å²) >= 11 is 18.0. The van der Waals surface area contributed by atoms with Gasteiger partial charge in [0.1, 0.15) is 10.9 Å². The van der Waals surface area contributed by atoms with Crippen molar-refractivity contribution in [2.24, 2.45) is 0 Å². The van der Waals surface area contributed by atoms with Crippen molar-refractivity contribution in [3.8, 4) is 0 Å². The highest BCUT2D eigenvalue weighted by Gasteiger charge is 2.46. The summed E-state index contributed by atoms with van der Waals surface area (Å²) in [5.41, 5.74) is 0.561. The number of amides is 2. The summed E-state index contributed by atoms with van der Waals surface area (Å²) in [5, 5.41) is 4.93. The molecule has 0 aromatic heterocycles. The Morgan fingerprint density at radius 1 is 0.885 bits per heavy atom. The number of urea groups is 1. The third-order valence-corrected chi connectivity index (χ3v) is 6.32. The van der Waals surface area contributed by atoms with Crippen molar-refractivity contribution in [2.75, 3.05) is 0 Å². The lowest BCUT2D eigenvalue weighted by Crippen LogP contribution is -2.54. The molecule has 1 unspecified atom stereocenters. The zero-order valence-corrected chi connectivity index (χ0v) is 16.2. The van der Waals surface area contributed by atoms with E-state index >= 15 is 0 Å². The quantitative estimate of drug-likeness (QED) is 0.724. The van der Waals surface area contributed by atoms with Gasteiger partial charge in [-0.3, -0.25) is 0 Å². The maximum Gasteiger partial charge on any atom is 0.319 e. The van der Waals surface area contributed by atoms with E-state index in [1.165, 1.54) is 12.1 Å². The number of alkyl halides is 3. The molecule has 2 N–H and O–H groups in total. The predicted octanol–water partition coefficient (Wildman–Crippen LogP) is 3.88. The molecular formula is C17H13Cl3N2O3S. The van der Waals surface area contributed by atoms with E-state index in [1.54, 1.807) is 48.5 Å². The molecule has 1 atom stereocenters. The first-order valence-electron chi connectivity index (χ1n) is 7.45. The van der Waals surface area contributed by atoms with Gasteiger partial charge in [-0.2, -0.15) is 0 Å². The molecule has 3 rings (SSSR count). The van der Waals surface area contributed by atoms with E-state index in [-0.39, 0.29) is 15.5 Å². The summed E-state index contributed by atoms with van der Waals surface area (Å²) in [5.74, 6) is 0. The average molecular weight is 432 g/mol. The minimum atomic E-state index is -4.07. The van der Waals surface area contributed by atoms with Crippen molar-refractivity contribution < 1.29 is 13.2 Å². The average Bonchev–Trinajstić information content (AvgIpc) is 2.61. The maximum atomic E-state index is 13.3. The van der Waals surface area contributed by atoms with Crippen LogP contribution in [0.5, 0.6) is 0 Å². The minimum absolute atomic E-state index is 0.0284. The zero-order valence-electron chi connectivity index (χ0n) is 13.1. The van der Waals surface area contributed by atoms with Crippen LogP contribution >= 0.6 is 34.8 Å². The predicted molar refractivity (Wildman–Crippen MR) is 103 cm³/mol. The second-order valence-electron chi connectivity index (χ2n) is 5.49. The fourth-order valence-corrected chi connectivity index (χ4v) is 5.06. The molecule has 2 aromatic rings. The molecule has 1 aliphatic heterocycles. The largest absolute Gasteiger partial charge is 0.326 e. The molecule has 2 aromatic carbocycles. The lowest BCUT2D eigenvalue weighted by Gasteiger charge is -2.33. The van der Waals surface area contributed by atoms with Crippen LogP contribution in [0.15, 0.2) is 70.5 Å². The molecule has 0 saturated heterocycles. The molecule has 1 heterocycles. The minimum Gasteiger partial charge on any atom is -0.326 e. The van der Waals surface area contributed by atoms with Gasteiger partial charge < -0.3 is 10.6 Å². The summed E-state index contributed by atoms with van der Waals surface area (Å²) < 4.78 is 24.5. The van der Waals surface area contributed by atoms with Crippen LogP contribution in [0.2, 0.25) is 0 Å². The number of rotatable bonds is 3. The molecule has 5 nitrogen and oxygen atoms in total. The lowest BCUT2D eigenvalue weighted by molar-refractivity contribution is 0.241. The molecule has 0 fully saturated rings. The Morgan fingerprint density at radius 2 is 1.42 bits per heavy atom. The molecule has 1 aliphatic rings. The Bertz CT molecular complexity index is 956. The van der Waals surface area contributed by atoms with E-state index in [2.05, 4.69) is 10.6 Å². The number of hydrogen-bond acceptors (Lipinski definition) is 3. The van der Waals surface area contributed by atoms with Crippen LogP contribution in [0.25, 0.3) is 5.70 Å². The topological polar surface area (TPSA) is 75.3 Å². The van der Waals surface area contributed by atoms with Gasteiger partial charge in [-0.15, -0.1) is 0 Å². The highest BCUT2D eigenvalue weighted by atomic mass is 35.6. The van der Waals surface area contributed by atoms with Crippen LogP contribution in [0.1, 0.15) is 5.56 Å². The van der Waals surface area contributed by atoms with Crippen molar-refractivity contribution in [1.82, 2.24) is 10.6 Å². The van der Waals surface area contributed by atoms with Gasteiger partial charge >= 0.3 is 6.03 Å². The van der Waals surface area contributed by atoms with E-state index < -0.39 is 25.7 Å². The highest BCUT2D eigenvalue weighted by Crippen LogP contribution is 2.41. The van der Waals surface area contributed by atoms with Gasteiger partial charge in [0.15, 0.2) is 0 Å². The van der Waals surface area contributed by atoms with Crippen LogP contribution in [-0.2, 0) is 9.84 Å². The molecule has 2 amide bonds. The van der Waals surface area contributed by atoms with E-state index in [0.717, 1.165) is 0 Å². The number of carbonyl (C=O) groups excluding carboxylic acids is 1. The Labute approximate surface area is 165 Å². The number of sulfone groups is 1. The molecule has 0 radical (unpaired) electrons. The van der Waals surface area contributed by atoms with Gasteiger partial charge in [0.2, 0.25) is 13.6 Å². The van der Waals surface area contributed by atoms with E-state index in [1.807, 2.05) is 0 Å². The molecule has 9 heteroatoms. The summed E-state index contributed by atoms with van der Waals surface area (Å²) in [6.45, 7) is 0.